The molecule has 0 N–H and O–H groups in total. The minimum Gasteiger partial charge on any atom is -0.378 e. The van der Waals surface area contributed by atoms with Crippen LogP contribution in [0.1, 0.15) is 18.5 Å². The lowest BCUT2D eigenvalue weighted by molar-refractivity contribution is 0.181. The summed E-state index contributed by atoms with van der Waals surface area (Å²) in [5, 5.41) is 0.485. The van der Waals surface area contributed by atoms with E-state index in [1.165, 1.54) is 12.8 Å². The highest BCUT2D eigenvalue weighted by Gasteiger charge is 2.16. The molecule has 0 spiro atoms. The Bertz CT molecular complexity index is 339. The van der Waals surface area contributed by atoms with Crippen molar-refractivity contribution in [2.24, 2.45) is 0 Å². The first-order chi connectivity index (χ1) is 7.29. The summed E-state index contributed by atoms with van der Waals surface area (Å²) >= 11 is 5.93. The first-order valence-electron chi connectivity index (χ1n) is 5.07. The van der Waals surface area contributed by atoms with E-state index < -0.39 is 0 Å². The lowest BCUT2D eigenvalue weighted by atomic mass is 10.4. The van der Waals surface area contributed by atoms with Crippen molar-refractivity contribution >= 4 is 17.5 Å². The molecule has 0 aliphatic carbocycles. The number of ether oxygens (including phenoxy) is 1. The van der Waals surface area contributed by atoms with E-state index in [1.54, 1.807) is 13.2 Å². The van der Waals surface area contributed by atoms with Gasteiger partial charge in [-0.1, -0.05) is 11.6 Å². The van der Waals surface area contributed by atoms with Gasteiger partial charge in [0.15, 0.2) is 0 Å². The number of nitrogens with zero attached hydrogens (tertiary/aromatic N) is 3. The molecule has 4 nitrogen and oxygen atoms in total. The van der Waals surface area contributed by atoms with Crippen molar-refractivity contribution in [1.29, 1.82) is 0 Å². The molecule has 1 saturated heterocycles. The summed E-state index contributed by atoms with van der Waals surface area (Å²) in [4.78, 5) is 10.8. The van der Waals surface area contributed by atoms with E-state index in [0.717, 1.165) is 24.7 Å². The Morgan fingerprint density at radius 1 is 1.40 bits per heavy atom. The van der Waals surface area contributed by atoms with E-state index in [2.05, 4.69) is 14.9 Å². The molecule has 1 aromatic rings. The summed E-state index contributed by atoms with van der Waals surface area (Å²) in [6, 6.07) is 1.74. The summed E-state index contributed by atoms with van der Waals surface area (Å²) < 4.78 is 5.03. The minimum atomic E-state index is 0.475. The summed E-state index contributed by atoms with van der Waals surface area (Å²) in [7, 11) is 1.64. The van der Waals surface area contributed by atoms with Crippen molar-refractivity contribution < 1.29 is 4.74 Å². The van der Waals surface area contributed by atoms with Crippen LogP contribution in [0.5, 0.6) is 0 Å². The number of aromatic nitrogens is 2. The zero-order valence-electron chi connectivity index (χ0n) is 8.74. The molecule has 5 heteroatoms. The van der Waals surface area contributed by atoms with E-state index in [-0.39, 0.29) is 0 Å². The zero-order chi connectivity index (χ0) is 10.7. The number of hydrogen-bond donors (Lipinski definition) is 0. The normalized spacial score (nSPS) is 16.0. The maximum atomic E-state index is 5.93. The van der Waals surface area contributed by atoms with Gasteiger partial charge in [0.1, 0.15) is 5.15 Å². The first kappa shape index (κ1) is 10.6. The van der Waals surface area contributed by atoms with Crippen molar-refractivity contribution in [3.05, 3.63) is 16.9 Å². The van der Waals surface area contributed by atoms with Gasteiger partial charge in [0.2, 0.25) is 5.95 Å². The molecule has 15 heavy (non-hydrogen) atoms. The van der Waals surface area contributed by atoms with Gasteiger partial charge in [0, 0.05) is 20.2 Å². The predicted octanol–water partition coefficient (Wildman–Crippen LogP) is 1.88. The number of hydrogen-bond acceptors (Lipinski definition) is 4. The van der Waals surface area contributed by atoms with Crippen LogP contribution >= 0.6 is 11.6 Å². The van der Waals surface area contributed by atoms with Crippen molar-refractivity contribution in [3.8, 4) is 0 Å². The molecule has 0 saturated carbocycles. The summed E-state index contributed by atoms with van der Waals surface area (Å²) in [5.74, 6) is 0.729. The third-order valence-corrected chi connectivity index (χ3v) is 2.61. The molecular formula is C10H14ClN3O. The Balaban J connectivity index is 2.22. The van der Waals surface area contributed by atoms with Crippen LogP contribution in [-0.4, -0.2) is 30.2 Å². The molecule has 0 aromatic carbocycles. The average molecular weight is 228 g/mol. The van der Waals surface area contributed by atoms with Crippen LogP contribution in [0.25, 0.3) is 0 Å². The maximum absolute atomic E-state index is 5.93. The number of methoxy groups -OCH3 is 1. The third kappa shape index (κ3) is 2.58. The Labute approximate surface area is 94.2 Å². The van der Waals surface area contributed by atoms with Crippen LogP contribution in [-0.2, 0) is 11.3 Å². The van der Waals surface area contributed by atoms with Crippen molar-refractivity contribution in [2.75, 3.05) is 25.1 Å². The Morgan fingerprint density at radius 3 is 2.80 bits per heavy atom. The Hall–Kier alpha value is -0.870. The molecule has 1 aliphatic rings. The van der Waals surface area contributed by atoms with Gasteiger partial charge in [-0.05, 0) is 18.9 Å². The van der Waals surface area contributed by atoms with Gasteiger partial charge >= 0.3 is 0 Å². The number of halogens is 1. The van der Waals surface area contributed by atoms with E-state index in [1.807, 2.05) is 0 Å². The fourth-order valence-corrected chi connectivity index (χ4v) is 1.93. The lowest BCUT2D eigenvalue weighted by Gasteiger charge is -2.15. The molecule has 0 unspecified atom stereocenters. The number of rotatable bonds is 3. The van der Waals surface area contributed by atoms with Gasteiger partial charge in [-0.15, -0.1) is 0 Å². The van der Waals surface area contributed by atoms with E-state index in [9.17, 15) is 0 Å². The van der Waals surface area contributed by atoms with Crippen molar-refractivity contribution in [2.45, 2.75) is 19.4 Å². The molecule has 2 rings (SSSR count). The fraction of sp³-hybridized carbons (Fsp3) is 0.600. The smallest absolute Gasteiger partial charge is 0.227 e. The van der Waals surface area contributed by atoms with Crippen molar-refractivity contribution in [1.82, 2.24) is 9.97 Å². The minimum absolute atomic E-state index is 0.475. The molecule has 0 atom stereocenters. The quantitative estimate of drug-likeness (QED) is 0.739. The molecule has 1 fully saturated rings. The van der Waals surface area contributed by atoms with Gasteiger partial charge in [-0.25, -0.2) is 9.97 Å². The van der Waals surface area contributed by atoms with Gasteiger partial charge in [0.25, 0.3) is 0 Å². The molecule has 0 radical (unpaired) electrons. The molecule has 2 heterocycles. The van der Waals surface area contributed by atoms with Gasteiger partial charge in [0.05, 0.1) is 12.3 Å². The number of anilines is 1. The van der Waals surface area contributed by atoms with Crippen LogP contribution in [0.4, 0.5) is 5.95 Å². The standard InChI is InChI=1S/C10H14ClN3O/c1-15-7-8-6-9(11)13-10(12-8)14-4-2-3-5-14/h6H,2-5,7H2,1H3. The average Bonchev–Trinajstić information content (AvgIpc) is 2.70. The van der Waals surface area contributed by atoms with E-state index in [4.69, 9.17) is 16.3 Å². The topological polar surface area (TPSA) is 38.2 Å². The highest BCUT2D eigenvalue weighted by Crippen LogP contribution is 2.18. The second-order valence-electron chi connectivity index (χ2n) is 3.61. The Morgan fingerprint density at radius 2 is 2.13 bits per heavy atom. The van der Waals surface area contributed by atoms with Crippen LogP contribution < -0.4 is 4.90 Å². The van der Waals surface area contributed by atoms with Crippen molar-refractivity contribution in [3.63, 3.8) is 0 Å². The summed E-state index contributed by atoms with van der Waals surface area (Å²) in [5.41, 5.74) is 0.833. The van der Waals surface area contributed by atoms with Crippen LogP contribution in [0, 0.1) is 0 Å². The summed E-state index contributed by atoms with van der Waals surface area (Å²) in [6.45, 7) is 2.52. The predicted molar refractivity (Wildman–Crippen MR) is 59.2 cm³/mol. The van der Waals surface area contributed by atoms with Gasteiger partial charge in [-0.2, -0.15) is 0 Å². The largest absolute Gasteiger partial charge is 0.378 e. The molecule has 1 aliphatic heterocycles. The highest BCUT2D eigenvalue weighted by molar-refractivity contribution is 6.29. The van der Waals surface area contributed by atoms with Gasteiger partial charge < -0.3 is 9.64 Å². The molecule has 0 bridgehead atoms. The molecular weight excluding hydrogens is 214 g/mol. The lowest BCUT2D eigenvalue weighted by Crippen LogP contribution is -2.21. The van der Waals surface area contributed by atoms with Crippen LogP contribution in [0.15, 0.2) is 6.07 Å². The monoisotopic (exact) mass is 227 g/mol. The second kappa shape index (κ2) is 4.77. The molecule has 0 amide bonds. The molecule has 82 valence electrons. The Kier molecular flexibility index (Phi) is 3.38. The SMILES string of the molecule is COCc1cc(Cl)nc(N2CCCC2)n1. The highest BCUT2D eigenvalue weighted by atomic mass is 35.5. The van der Waals surface area contributed by atoms with Crippen LogP contribution in [0.2, 0.25) is 5.15 Å². The molecule has 1 aromatic heterocycles. The first-order valence-corrected chi connectivity index (χ1v) is 5.45. The third-order valence-electron chi connectivity index (χ3n) is 2.42. The zero-order valence-corrected chi connectivity index (χ0v) is 9.50. The fourth-order valence-electron chi connectivity index (χ4n) is 1.73. The van der Waals surface area contributed by atoms with Crippen LogP contribution in [0.3, 0.4) is 0 Å². The van der Waals surface area contributed by atoms with E-state index >= 15 is 0 Å². The second-order valence-corrected chi connectivity index (χ2v) is 4.00. The summed E-state index contributed by atoms with van der Waals surface area (Å²) in [6.07, 6.45) is 2.41. The van der Waals surface area contributed by atoms with Gasteiger partial charge in [-0.3, -0.25) is 0 Å². The maximum Gasteiger partial charge on any atom is 0.227 e. The van der Waals surface area contributed by atoms with E-state index in [0.29, 0.717) is 11.8 Å².